The molecule has 0 saturated heterocycles. The highest BCUT2D eigenvalue weighted by Gasteiger charge is 2.18. The highest BCUT2D eigenvalue weighted by atomic mass is 16.5. The van der Waals surface area contributed by atoms with E-state index < -0.39 is 0 Å². The Morgan fingerprint density at radius 1 is 1.10 bits per heavy atom. The quantitative estimate of drug-likeness (QED) is 0.852. The first-order chi connectivity index (χ1) is 10.1. The molecule has 0 saturated carbocycles. The smallest absolute Gasteiger partial charge is 0.138 e. The third kappa shape index (κ3) is 4.33. The summed E-state index contributed by atoms with van der Waals surface area (Å²) in [7, 11) is 0. The van der Waals surface area contributed by atoms with Gasteiger partial charge in [-0.05, 0) is 43.5 Å². The van der Waals surface area contributed by atoms with E-state index in [0.29, 0.717) is 0 Å². The molecule has 112 valence electrons. The van der Waals surface area contributed by atoms with Crippen molar-refractivity contribution in [3.8, 4) is 5.75 Å². The first kappa shape index (κ1) is 15.6. The van der Waals surface area contributed by atoms with Crippen LogP contribution in [0.25, 0.3) is 0 Å². The summed E-state index contributed by atoms with van der Waals surface area (Å²) in [5.74, 6) is 0.874. The average Bonchev–Trinajstić information content (AvgIpc) is 2.46. The number of hydrogen-bond donors (Lipinski definition) is 1. The molecule has 2 unspecified atom stereocenters. The van der Waals surface area contributed by atoms with E-state index in [4.69, 9.17) is 10.5 Å². The summed E-state index contributed by atoms with van der Waals surface area (Å²) in [6.45, 7) is 6.26. The van der Waals surface area contributed by atoms with Crippen LogP contribution in [0.3, 0.4) is 0 Å². The van der Waals surface area contributed by atoms with Gasteiger partial charge in [0, 0.05) is 6.04 Å². The van der Waals surface area contributed by atoms with Crippen molar-refractivity contribution in [2.45, 2.75) is 45.8 Å². The van der Waals surface area contributed by atoms with Gasteiger partial charge < -0.3 is 10.5 Å². The summed E-state index contributed by atoms with van der Waals surface area (Å²) in [6, 6.07) is 16.6. The van der Waals surface area contributed by atoms with Crippen molar-refractivity contribution in [3.63, 3.8) is 0 Å². The van der Waals surface area contributed by atoms with E-state index in [9.17, 15) is 0 Å². The molecule has 2 aromatic carbocycles. The van der Waals surface area contributed by atoms with Gasteiger partial charge in [0.15, 0.2) is 0 Å². The van der Waals surface area contributed by atoms with Crippen LogP contribution in [0.5, 0.6) is 5.75 Å². The molecule has 0 aliphatic carbocycles. The largest absolute Gasteiger partial charge is 0.484 e. The molecule has 0 bridgehead atoms. The number of ether oxygens (including phenoxy) is 1. The van der Waals surface area contributed by atoms with Crippen LogP contribution in [-0.4, -0.2) is 6.04 Å². The normalized spacial score (nSPS) is 13.7. The summed E-state index contributed by atoms with van der Waals surface area (Å²) in [5, 5.41) is 0. The zero-order valence-electron chi connectivity index (χ0n) is 13.2. The van der Waals surface area contributed by atoms with Gasteiger partial charge in [-0.15, -0.1) is 0 Å². The van der Waals surface area contributed by atoms with E-state index in [1.165, 1.54) is 11.1 Å². The molecular formula is C19H25NO. The molecule has 0 spiro atoms. The Morgan fingerprint density at radius 2 is 1.81 bits per heavy atom. The Bertz CT molecular complexity index is 560. The van der Waals surface area contributed by atoms with Crippen LogP contribution >= 0.6 is 0 Å². The Labute approximate surface area is 127 Å². The molecule has 0 aliphatic rings. The molecule has 2 rings (SSSR count). The summed E-state index contributed by atoms with van der Waals surface area (Å²) >= 11 is 0. The van der Waals surface area contributed by atoms with E-state index in [1.807, 2.05) is 25.1 Å². The fourth-order valence-corrected chi connectivity index (χ4v) is 2.50. The van der Waals surface area contributed by atoms with Crippen LogP contribution in [0.2, 0.25) is 0 Å². The highest BCUT2D eigenvalue weighted by Crippen LogP contribution is 2.25. The van der Waals surface area contributed by atoms with Crippen molar-refractivity contribution in [2.24, 2.45) is 5.73 Å². The molecule has 0 radical (unpaired) electrons. The monoisotopic (exact) mass is 283 g/mol. The third-order valence-corrected chi connectivity index (χ3v) is 3.57. The second kappa shape index (κ2) is 7.28. The Kier molecular flexibility index (Phi) is 5.40. The van der Waals surface area contributed by atoms with Crippen molar-refractivity contribution in [1.82, 2.24) is 0 Å². The number of benzene rings is 2. The molecule has 0 aromatic heterocycles. The number of hydrogen-bond acceptors (Lipinski definition) is 2. The van der Waals surface area contributed by atoms with E-state index in [1.54, 1.807) is 0 Å². The van der Waals surface area contributed by atoms with E-state index in [-0.39, 0.29) is 12.1 Å². The summed E-state index contributed by atoms with van der Waals surface area (Å²) in [4.78, 5) is 0. The highest BCUT2D eigenvalue weighted by molar-refractivity contribution is 5.30. The standard InChI is InChI=1S/C19H25NO/c1-4-6-16-9-11-18(12-10-16)21-19(15(3)20)17-8-5-7-14(2)13-17/h5,7-13,15,19H,4,6,20H2,1-3H3. The molecule has 2 aromatic rings. The lowest BCUT2D eigenvalue weighted by atomic mass is 10.0. The van der Waals surface area contributed by atoms with Crippen molar-refractivity contribution < 1.29 is 4.74 Å². The van der Waals surface area contributed by atoms with Gasteiger partial charge in [0.25, 0.3) is 0 Å². The molecule has 2 nitrogen and oxygen atoms in total. The predicted molar refractivity (Wildman–Crippen MR) is 88.6 cm³/mol. The van der Waals surface area contributed by atoms with E-state index >= 15 is 0 Å². The summed E-state index contributed by atoms with van der Waals surface area (Å²) < 4.78 is 6.13. The van der Waals surface area contributed by atoms with Crippen LogP contribution < -0.4 is 10.5 Å². The number of aryl methyl sites for hydroxylation is 2. The van der Waals surface area contributed by atoms with Crippen molar-refractivity contribution in [3.05, 3.63) is 65.2 Å². The van der Waals surface area contributed by atoms with Crippen molar-refractivity contribution in [2.75, 3.05) is 0 Å². The van der Waals surface area contributed by atoms with Gasteiger partial charge in [-0.25, -0.2) is 0 Å². The van der Waals surface area contributed by atoms with Gasteiger partial charge in [0.2, 0.25) is 0 Å². The molecule has 2 atom stereocenters. The van der Waals surface area contributed by atoms with Gasteiger partial charge in [0.05, 0.1) is 0 Å². The van der Waals surface area contributed by atoms with Gasteiger partial charge in [-0.2, -0.15) is 0 Å². The maximum Gasteiger partial charge on any atom is 0.138 e. The van der Waals surface area contributed by atoms with Gasteiger partial charge in [-0.3, -0.25) is 0 Å². The molecule has 0 amide bonds. The SMILES string of the molecule is CCCc1ccc(OC(c2cccc(C)c2)C(C)N)cc1. The maximum atomic E-state index is 6.13. The fraction of sp³-hybridized carbons (Fsp3) is 0.368. The lowest BCUT2D eigenvalue weighted by Gasteiger charge is -2.23. The summed E-state index contributed by atoms with van der Waals surface area (Å²) in [5.41, 5.74) is 9.81. The predicted octanol–water partition coefficient (Wildman–Crippen LogP) is 4.41. The van der Waals surface area contributed by atoms with Crippen molar-refractivity contribution in [1.29, 1.82) is 0 Å². The van der Waals surface area contributed by atoms with Gasteiger partial charge in [0.1, 0.15) is 11.9 Å². The van der Waals surface area contributed by atoms with Crippen LogP contribution in [0.4, 0.5) is 0 Å². The number of rotatable bonds is 6. The maximum absolute atomic E-state index is 6.13. The molecule has 0 aliphatic heterocycles. The molecule has 2 heteroatoms. The zero-order chi connectivity index (χ0) is 15.2. The topological polar surface area (TPSA) is 35.2 Å². The molecule has 0 heterocycles. The Morgan fingerprint density at radius 3 is 2.38 bits per heavy atom. The minimum atomic E-state index is -0.123. The molecule has 2 N–H and O–H groups in total. The van der Waals surface area contributed by atoms with Gasteiger partial charge in [-0.1, -0.05) is 55.3 Å². The Hall–Kier alpha value is -1.80. The molecular weight excluding hydrogens is 258 g/mol. The van der Waals surface area contributed by atoms with Gasteiger partial charge >= 0.3 is 0 Å². The minimum absolute atomic E-state index is 0.0675. The van der Waals surface area contributed by atoms with E-state index in [2.05, 4.69) is 44.2 Å². The number of nitrogens with two attached hydrogens (primary N) is 1. The van der Waals surface area contributed by atoms with Crippen molar-refractivity contribution >= 4 is 0 Å². The zero-order valence-corrected chi connectivity index (χ0v) is 13.2. The second-order valence-electron chi connectivity index (χ2n) is 5.71. The van der Waals surface area contributed by atoms with E-state index in [0.717, 1.165) is 24.2 Å². The third-order valence-electron chi connectivity index (χ3n) is 3.57. The molecule has 21 heavy (non-hydrogen) atoms. The van der Waals surface area contributed by atoms with Crippen LogP contribution in [0, 0.1) is 6.92 Å². The van der Waals surface area contributed by atoms with Crippen LogP contribution in [0.1, 0.15) is 43.1 Å². The molecule has 0 fully saturated rings. The average molecular weight is 283 g/mol. The first-order valence-corrected chi connectivity index (χ1v) is 7.68. The van der Waals surface area contributed by atoms with Crippen LogP contribution in [0.15, 0.2) is 48.5 Å². The second-order valence-corrected chi connectivity index (χ2v) is 5.71. The lowest BCUT2D eigenvalue weighted by Crippen LogP contribution is -2.29. The lowest BCUT2D eigenvalue weighted by molar-refractivity contribution is 0.180. The minimum Gasteiger partial charge on any atom is -0.484 e. The Balaban J connectivity index is 2.16. The first-order valence-electron chi connectivity index (χ1n) is 7.68. The van der Waals surface area contributed by atoms with Crippen LogP contribution in [-0.2, 0) is 6.42 Å². The fourth-order valence-electron chi connectivity index (χ4n) is 2.50. The summed E-state index contributed by atoms with van der Waals surface area (Å²) in [6.07, 6.45) is 2.14.